The lowest BCUT2D eigenvalue weighted by Crippen LogP contribution is -2.13. The fraction of sp³-hybridized carbons (Fsp3) is 0.0714. The minimum Gasteiger partial charge on any atom is -0.321 e. The molecule has 0 aliphatic rings. The van der Waals surface area contributed by atoms with Crippen LogP contribution in [0.3, 0.4) is 0 Å². The van der Waals surface area contributed by atoms with Gasteiger partial charge >= 0.3 is 0 Å². The van der Waals surface area contributed by atoms with Gasteiger partial charge < -0.3 is 5.32 Å². The molecule has 0 spiro atoms. The van der Waals surface area contributed by atoms with Gasteiger partial charge in [0.25, 0.3) is 5.91 Å². The first-order chi connectivity index (χ1) is 8.99. The van der Waals surface area contributed by atoms with Gasteiger partial charge in [0, 0.05) is 8.95 Å². The second kappa shape index (κ2) is 6.07. The summed E-state index contributed by atoms with van der Waals surface area (Å²) < 4.78 is 1.53. The zero-order valence-corrected chi connectivity index (χ0v) is 13.9. The molecule has 0 heterocycles. The van der Waals surface area contributed by atoms with Gasteiger partial charge in [0.2, 0.25) is 0 Å². The van der Waals surface area contributed by atoms with Crippen LogP contribution in [0.15, 0.2) is 45.3 Å². The molecule has 0 atom stereocenters. The van der Waals surface area contributed by atoms with Gasteiger partial charge in [0.05, 0.1) is 16.3 Å². The molecule has 0 bridgehead atoms. The molecule has 0 unspecified atom stereocenters. The van der Waals surface area contributed by atoms with Crippen molar-refractivity contribution in [1.29, 1.82) is 0 Å². The maximum Gasteiger partial charge on any atom is 0.257 e. The van der Waals surface area contributed by atoms with Gasteiger partial charge in [-0.15, -0.1) is 0 Å². The Morgan fingerprint density at radius 2 is 1.89 bits per heavy atom. The molecule has 5 heteroatoms. The number of amides is 1. The summed E-state index contributed by atoms with van der Waals surface area (Å²) >= 11 is 12.8. The van der Waals surface area contributed by atoms with E-state index in [0.29, 0.717) is 15.1 Å². The largest absolute Gasteiger partial charge is 0.321 e. The summed E-state index contributed by atoms with van der Waals surface area (Å²) in [4.78, 5) is 12.2. The van der Waals surface area contributed by atoms with Crippen molar-refractivity contribution in [1.82, 2.24) is 0 Å². The number of hydrogen-bond donors (Lipinski definition) is 1. The fourth-order valence-electron chi connectivity index (χ4n) is 1.60. The predicted octanol–water partition coefficient (Wildman–Crippen LogP) is 5.43. The van der Waals surface area contributed by atoms with Crippen molar-refractivity contribution in [3.05, 3.63) is 61.5 Å². The first-order valence-electron chi connectivity index (χ1n) is 5.50. The Balaban J connectivity index is 2.31. The fourth-order valence-corrected chi connectivity index (χ4v) is 2.53. The standard InChI is InChI=1S/C14H10Br2ClNO/c1-8-5-6-10(15)12(7-8)18-14(19)9-3-2-4-11(16)13(9)17/h2-7H,1H3,(H,18,19). The van der Waals surface area contributed by atoms with Gasteiger partial charge in [0.1, 0.15) is 0 Å². The molecule has 98 valence electrons. The number of carbonyl (C=O) groups is 1. The summed E-state index contributed by atoms with van der Waals surface area (Å²) in [5.74, 6) is -0.238. The van der Waals surface area contributed by atoms with E-state index in [0.717, 1.165) is 15.7 Å². The molecule has 0 aliphatic carbocycles. The van der Waals surface area contributed by atoms with E-state index >= 15 is 0 Å². The molecule has 1 N–H and O–H groups in total. The normalized spacial score (nSPS) is 10.3. The van der Waals surface area contributed by atoms with Crippen LogP contribution in [0.4, 0.5) is 5.69 Å². The average Bonchev–Trinajstić information content (AvgIpc) is 2.37. The molecule has 0 fully saturated rings. The van der Waals surface area contributed by atoms with Crippen molar-refractivity contribution in [2.75, 3.05) is 5.32 Å². The van der Waals surface area contributed by atoms with Crippen molar-refractivity contribution in [3.63, 3.8) is 0 Å². The zero-order chi connectivity index (χ0) is 14.0. The molecule has 2 aromatic rings. The number of halogens is 3. The van der Waals surface area contributed by atoms with Crippen LogP contribution in [0.5, 0.6) is 0 Å². The van der Waals surface area contributed by atoms with Crippen LogP contribution in [0.25, 0.3) is 0 Å². The van der Waals surface area contributed by atoms with Crippen LogP contribution < -0.4 is 5.32 Å². The molecule has 0 saturated carbocycles. The van der Waals surface area contributed by atoms with E-state index in [1.165, 1.54) is 0 Å². The van der Waals surface area contributed by atoms with Crippen LogP contribution in [0, 0.1) is 6.92 Å². The second-order valence-corrected chi connectivity index (χ2v) is 6.13. The van der Waals surface area contributed by atoms with Crippen LogP contribution in [0.1, 0.15) is 15.9 Å². The van der Waals surface area contributed by atoms with Gasteiger partial charge in [-0.3, -0.25) is 4.79 Å². The molecule has 0 saturated heterocycles. The Morgan fingerprint density at radius 3 is 2.63 bits per heavy atom. The second-order valence-electron chi connectivity index (χ2n) is 4.04. The minimum absolute atomic E-state index is 0.238. The molecule has 2 rings (SSSR count). The van der Waals surface area contributed by atoms with Gasteiger partial charge in [-0.25, -0.2) is 0 Å². The minimum atomic E-state index is -0.238. The third-order valence-electron chi connectivity index (χ3n) is 2.57. The summed E-state index contributed by atoms with van der Waals surface area (Å²) in [5.41, 5.74) is 2.23. The summed E-state index contributed by atoms with van der Waals surface area (Å²) in [6.45, 7) is 1.97. The molecule has 0 radical (unpaired) electrons. The number of rotatable bonds is 2. The topological polar surface area (TPSA) is 29.1 Å². The van der Waals surface area contributed by atoms with E-state index in [2.05, 4.69) is 37.2 Å². The Morgan fingerprint density at radius 1 is 1.16 bits per heavy atom. The van der Waals surface area contributed by atoms with Crippen LogP contribution >= 0.6 is 43.5 Å². The number of anilines is 1. The van der Waals surface area contributed by atoms with Gasteiger partial charge in [-0.05, 0) is 68.6 Å². The summed E-state index contributed by atoms with van der Waals surface area (Å²) in [6, 6.07) is 11.0. The highest BCUT2D eigenvalue weighted by Crippen LogP contribution is 2.28. The maximum absolute atomic E-state index is 12.2. The molecular weight excluding hydrogens is 393 g/mol. The Kier molecular flexibility index (Phi) is 4.66. The monoisotopic (exact) mass is 401 g/mol. The summed E-state index contributed by atoms with van der Waals surface area (Å²) in [5, 5.41) is 3.25. The molecule has 2 aromatic carbocycles. The first kappa shape index (κ1) is 14.6. The van der Waals surface area contributed by atoms with Gasteiger partial charge in [0.15, 0.2) is 0 Å². The molecular formula is C14H10Br2ClNO. The van der Waals surface area contributed by atoms with Crippen LogP contribution in [0.2, 0.25) is 5.02 Å². The number of aryl methyl sites for hydroxylation is 1. The third-order valence-corrected chi connectivity index (χ3v) is 4.55. The smallest absolute Gasteiger partial charge is 0.257 e. The Labute approximate surface area is 133 Å². The lowest BCUT2D eigenvalue weighted by Gasteiger charge is -2.10. The predicted molar refractivity (Wildman–Crippen MR) is 86.0 cm³/mol. The van der Waals surface area contributed by atoms with E-state index in [4.69, 9.17) is 11.6 Å². The van der Waals surface area contributed by atoms with Crippen LogP contribution in [-0.4, -0.2) is 5.91 Å². The van der Waals surface area contributed by atoms with E-state index in [1.807, 2.05) is 25.1 Å². The van der Waals surface area contributed by atoms with E-state index in [1.54, 1.807) is 18.2 Å². The summed E-state index contributed by atoms with van der Waals surface area (Å²) in [6.07, 6.45) is 0. The molecule has 2 nitrogen and oxygen atoms in total. The average molecular weight is 404 g/mol. The SMILES string of the molecule is Cc1ccc(Br)c(NC(=O)c2cccc(Br)c2Cl)c1. The van der Waals surface area contributed by atoms with E-state index in [9.17, 15) is 4.79 Å². The van der Waals surface area contributed by atoms with Gasteiger partial charge in [-0.1, -0.05) is 23.7 Å². The Bertz CT molecular complexity index is 643. The van der Waals surface area contributed by atoms with Crippen molar-refractivity contribution >= 4 is 55.1 Å². The van der Waals surface area contributed by atoms with Crippen molar-refractivity contribution < 1.29 is 4.79 Å². The lowest BCUT2D eigenvalue weighted by molar-refractivity contribution is 0.102. The summed E-state index contributed by atoms with van der Waals surface area (Å²) in [7, 11) is 0. The third kappa shape index (κ3) is 3.38. The highest BCUT2D eigenvalue weighted by atomic mass is 79.9. The molecule has 19 heavy (non-hydrogen) atoms. The van der Waals surface area contributed by atoms with E-state index < -0.39 is 0 Å². The number of nitrogens with one attached hydrogen (secondary N) is 1. The highest BCUT2D eigenvalue weighted by molar-refractivity contribution is 9.11. The Hall–Kier alpha value is -0.840. The van der Waals surface area contributed by atoms with Crippen molar-refractivity contribution in [2.45, 2.75) is 6.92 Å². The van der Waals surface area contributed by atoms with Crippen LogP contribution in [-0.2, 0) is 0 Å². The first-order valence-corrected chi connectivity index (χ1v) is 7.47. The lowest BCUT2D eigenvalue weighted by atomic mass is 10.2. The van der Waals surface area contributed by atoms with Crippen molar-refractivity contribution in [2.24, 2.45) is 0 Å². The number of benzene rings is 2. The number of hydrogen-bond acceptors (Lipinski definition) is 1. The molecule has 1 amide bonds. The van der Waals surface area contributed by atoms with Gasteiger partial charge in [-0.2, -0.15) is 0 Å². The zero-order valence-electron chi connectivity index (χ0n) is 10.0. The van der Waals surface area contributed by atoms with E-state index in [-0.39, 0.29) is 5.91 Å². The maximum atomic E-state index is 12.2. The quantitative estimate of drug-likeness (QED) is 0.712. The highest BCUT2D eigenvalue weighted by Gasteiger charge is 2.13. The van der Waals surface area contributed by atoms with Crippen molar-refractivity contribution in [3.8, 4) is 0 Å². The number of carbonyl (C=O) groups excluding carboxylic acids is 1. The molecule has 0 aliphatic heterocycles. The molecule has 0 aromatic heterocycles.